The lowest BCUT2D eigenvalue weighted by Crippen LogP contribution is -2.31. The van der Waals surface area contributed by atoms with E-state index in [2.05, 4.69) is 0 Å². The van der Waals surface area contributed by atoms with E-state index in [9.17, 15) is 0 Å². The highest BCUT2D eigenvalue weighted by molar-refractivity contribution is 5.87. The number of halogens is 1. The molecule has 0 saturated carbocycles. The third-order valence-corrected chi connectivity index (χ3v) is 3.73. The molecule has 0 aliphatic heterocycles. The van der Waals surface area contributed by atoms with Crippen LogP contribution in [0.5, 0.6) is 0 Å². The SMILES string of the molecule is NCC(F)(c1ccccc1)c1cccc2ccccc12. The third-order valence-electron chi connectivity index (χ3n) is 3.73. The number of hydrogen-bond acceptors (Lipinski definition) is 1. The first-order valence-electron chi connectivity index (χ1n) is 6.68. The van der Waals surface area contributed by atoms with Crippen LogP contribution in [0, 0.1) is 0 Å². The topological polar surface area (TPSA) is 26.0 Å². The molecular formula is C18H16FN. The van der Waals surface area contributed by atoms with Crippen molar-refractivity contribution in [3.63, 3.8) is 0 Å². The highest BCUT2D eigenvalue weighted by Gasteiger charge is 2.33. The van der Waals surface area contributed by atoms with Gasteiger partial charge in [0.05, 0.1) is 0 Å². The summed E-state index contributed by atoms with van der Waals surface area (Å²) in [4.78, 5) is 0. The van der Waals surface area contributed by atoms with E-state index >= 15 is 4.39 Å². The van der Waals surface area contributed by atoms with Gasteiger partial charge in [-0.15, -0.1) is 0 Å². The van der Waals surface area contributed by atoms with Gasteiger partial charge < -0.3 is 5.73 Å². The predicted molar refractivity (Wildman–Crippen MR) is 81.3 cm³/mol. The Balaban J connectivity index is 2.27. The molecule has 3 rings (SSSR count). The molecule has 1 nitrogen and oxygen atoms in total. The molecule has 1 atom stereocenters. The van der Waals surface area contributed by atoms with Crippen LogP contribution in [0.1, 0.15) is 11.1 Å². The molecular weight excluding hydrogens is 249 g/mol. The van der Waals surface area contributed by atoms with Crippen molar-refractivity contribution in [1.82, 2.24) is 0 Å². The minimum Gasteiger partial charge on any atom is -0.327 e. The van der Waals surface area contributed by atoms with E-state index in [1.165, 1.54) is 0 Å². The molecule has 100 valence electrons. The maximum absolute atomic E-state index is 15.6. The third kappa shape index (κ3) is 1.98. The fourth-order valence-electron chi connectivity index (χ4n) is 2.66. The van der Waals surface area contributed by atoms with Crippen molar-refractivity contribution in [2.75, 3.05) is 6.54 Å². The lowest BCUT2D eigenvalue weighted by molar-refractivity contribution is 0.235. The molecule has 2 N–H and O–H groups in total. The zero-order valence-corrected chi connectivity index (χ0v) is 11.1. The molecule has 20 heavy (non-hydrogen) atoms. The Labute approximate surface area is 117 Å². The summed E-state index contributed by atoms with van der Waals surface area (Å²) >= 11 is 0. The zero-order chi connectivity index (χ0) is 14.0. The summed E-state index contributed by atoms with van der Waals surface area (Å²) in [5, 5.41) is 1.93. The van der Waals surface area contributed by atoms with Gasteiger partial charge in [-0.1, -0.05) is 72.8 Å². The van der Waals surface area contributed by atoms with E-state index in [0.717, 1.165) is 10.8 Å². The van der Waals surface area contributed by atoms with Crippen LogP contribution in [0.15, 0.2) is 72.8 Å². The molecule has 0 aliphatic rings. The van der Waals surface area contributed by atoms with E-state index in [0.29, 0.717) is 11.1 Å². The molecule has 0 aliphatic carbocycles. The van der Waals surface area contributed by atoms with Crippen LogP contribution >= 0.6 is 0 Å². The minimum atomic E-state index is -1.66. The van der Waals surface area contributed by atoms with Gasteiger partial charge in [-0.3, -0.25) is 0 Å². The summed E-state index contributed by atoms with van der Waals surface area (Å²) < 4.78 is 15.6. The first-order chi connectivity index (χ1) is 9.75. The summed E-state index contributed by atoms with van der Waals surface area (Å²) in [5.41, 5.74) is 5.35. The molecule has 2 heteroatoms. The summed E-state index contributed by atoms with van der Waals surface area (Å²) in [5.74, 6) is 0. The van der Waals surface area contributed by atoms with Crippen LogP contribution in [0.3, 0.4) is 0 Å². The number of fused-ring (bicyclic) bond motifs is 1. The van der Waals surface area contributed by atoms with E-state index < -0.39 is 5.67 Å². The Morgan fingerprint density at radius 3 is 2.20 bits per heavy atom. The minimum absolute atomic E-state index is 0.0784. The van der Waals surface area contributed by atoms with Gasteiger partial charge in [-0.05, 0) is 16.3 Å². The summed E-state index contributed by atoms with van der Waals surface area (Å²) in [7, 11) is 0. The van der Waals surface area contributed by atoms with E-state index in [-0.39, 0.29) is 6.54 Å². The first-order valence-corrected chi connectivity index (χ1v) is 6.68. The number of nitrogens with two attached hydrogens (primary N) is 1. The Morgan fingerprint density at radius 2 is 1.45 bits per heavy atom. The lowest BCUT2D eigenvalue weighted by Gasteiger charge is -2.26. The van der Waals surface area contributed by atoms with Crippen molar-refractivity contribution in [2.45, 2.75) is 5.67 Å². The van der Waals surface area contributed by atoms with Crippen molar-refractivity contribution >= 4 is 10.8 Å². The van der Waals surface area contributed by atoms with Crippen molar-refractivity contribution in [3.05, 3.63) is 83.9 Å². The highest BCUT2D eigenvalue weighted by atomic mass is 19.1. The zero-order valence-electron chi connectivity index (χ0n) is 11.1. The summed E-state index contributed by atoms with van der Waals surface area (Å²) in [6.07, 6.45) is 0. The van der Waals surface area contributed by atoms with Crippen LogP contribution in [0.25, 0.3) is 10.8 Å². The number of rotatable bonds is 3. The molecule has 0 aromatic heterocycles. The highest BCUT2D eigenvalue weighted by Crippen LogP contribution is 2.37. The smallest absolute Gasteiger partial charge is 0.173 e. The van der Waals surface area contributed by atoms with Crippen molar-refractivity contribution in [2.24, 2.45) is 5.73 Å². The number of hydrogen-bond donors (Lipinski definition) is 1. The standard InChI is InChI=1S/C18H16FN/c19-18(13-20,15-9-2-1-3-10-15)17-12-6-8-14-7-4-5-11-16(14)17/h1-12H,13,20H2. The number of alkyl halides is 1. The monoisotopic (exact) mass is 265 g/mol. The molecule has 0 amide bonds. The van der Waals surface area contributed by atoms with Gasteiger partial charge in [0.2, 0.25) is 0 Å². The predicted octanol–water partition coefficient (Wildman–Crippen LogP) is 4.01. The van der Waals surface area contributed by atoms with Gasteiger partial charge >= 0.3 is 0 Å². The fourth-order valence-corrected chi connectivity index (χ4v) is 2.66. The molecule has 0 fully saturated rings. The average molecular weight is 265 g/mol. The van der Waals surface area contributed by atoms with Gasteiger partial charge in [0, 0.05) is 12.1 Å². The molecule has 3 aromatic carbocycles. The van der Waals surface area contributed by atoms with E-state index in [4.69, 9.17) is 5.73 Å². The van der Waals surface area contributed by atoms with E-state index in [1.54, 1.807) is 12.1 Å². The molecule has 0 spiro atoms. The molecule has 0 saturated heterocycles. The van der Waals surface area contributed by atoms with Crippen LogP contribution in [-0.2, 0) is 5.67 Å². The molecule has 3 aromatic rings. The van der Waals surface area contributed by atoms with Gasteiger partial charge in [0.15, 0.2) is 5.67 Å². The lowest BCUT2D eigenvalue weighted by atomic mass is 9.85. The van der Waals surface area contributed by atoms with Gasteiger partial charge in [0.1, 0.15) is 0 Å². The average Bonchev–Trinajstić information content (AvgIpc) is 2.54. The second-order valence-corrected chi connectivity index (χ2v) is 4.90. The fraction of sp³-hybridized carbons (Fsp3) is 0.111. The Hall–Kier alpha value is -2.19. The van der Waals surface area contributed by atoms with Gasteiger partial charge in [0.25, 0.3) is 0 Å². The Kier molecular flexibility index (Phi) is 3.25. The maximum Gasteiger partial charge on any atom is 0.173 e. The molecule has 1 unspecified atom stereocenters. The second kappa shape index (κ2) is 5.06. The van der Waals surface area contributed by atoms with E-state index in [1.807, 2.05) is 60.7 Å². The molecule has 0 heterocycles. The Bertz CT molecular complexity index is 718. The van der Waals surface area contributed by atoms with Gasteiger partial charge in [-0.25, -0.2) is 4.39 Å². The summed E-state index contributed by atoms with van der Waals surface area (Å²) in [6.45, 7) is -0.0784. The quantitative estimate of drug-likeness (QED) is 0.760. The van der Waals surface area contributed by atoms with Crippen LogP contribution < -0.4 is 5.73 Å². The first kappa shape index (κ1) is 12.8. The van der Waals surface area contributed by atoms with Crippen LogP contribution in [-0.4, -0.2) is 6.54 Å². The maximum atomic E-state index is 15.6. The second-order valence-electron chi connectivity index (χ2n) is 4.90. The van der Waals surface area contributed by atoms with Crippen LogP contribution in [0.2, 0.25) is 0 Å². The van der Waals surface area contributed by atoms with Crippen molar-refractivity contribution < 1.29 is 4.39 Å². The van der Waals surface area contributed by atoms with Crippen molar-refractivity contribution in [3.8, 4) is 0 Å². The molecule has 0 bridgehead atoms. The normalized spacial score (nSPS) is 14.1. The largest absolute Gasteiger partial charge is 0.327 e. The number of benzene rings is 3. The van der Waals surface area contributed by atoms with Crippen molar-refractivity contribution in [1.29, 1.82) is 0 Å². The van der Waals surface area contributed by atoms with Crippen LogP contribution in [0.4, 0.5) is 4.39 Å². The Morgan fingerprint density at radius 1 is 0.800 bits per heavy atom. The molecule has 0 radical (unpaired) electrons. The van der Waals surface area contributed by atoms with Gasteiger partial charge in [-0.2, -0.15) is 0 Å². The summed E-state index contributed by atoms with van der Waals surface area (Å²) in [6, 6.07) is 22.6.